The lowest BCUT2D eigenvalue weighted by molar-refractivity contribution is 0.0878. The Kier molecular flexibility index (Phi) is 5.86. The SMILES string of the molecule is Cc1cc(-c2cnc3[nH]cc(-c4ccc(C(=O)C5CNC5)cc4)c3c2)cc(C)c1N1CCN(C)CC1. The van der Waals surface area contributed by atoms with Gasteiger partial charge in [-0.05, 0) is 61.3 Å². The van der Waals surface area contributed by atoms with Gasteiger partial charge in [-0.2, -0.15) is 0 Å². The number of carbonyl (C=O) groups is 1. The number of piperazine rings is 1. The fraction of sp³-hybridized carbons (Fsp3) is 0.333. The van der Waals surface area contributed by atoms with E-state index >= 15 is 0 Å². The first kappa shape index (κ1) is 23.0. The highest BCUT2D eigenvalue weighted by molar-refractivity contribution is 6.00. The van der Waals surface area contributed by atoms with Crippen LogP contribution in [0.1, 0.15) is 21.5 Å². The third kappa shape index (κ3) is 4.10. The van der Waals surface area contributed by atoms with Gasteiger partial charge < -0.3 is 20.1 Å². The summed E-state index contributed by atoms with van der Waals surface area (Å²) in [5.74, 6) is 0.346. The van der Waals surface area contributed by atoms with Gasteiger partial charge in [0.25, 0.3) is 0 Å². The van der Waals surface area contributed by atoms with Gasteiger partial charge in [-0.3, -0.25) is 4.79 Å². The summed E-state index contributed by atoms with van der Waals surface area (Å²) in [4.78, 5) is 25.5. The number of carbonyl (C=O) groups excluding carboxylic acids is 1. The first-order valence-electron chi connectivity index (χ1n) is 12.9. The van der Waals surface area contributed by atoms with Crippen molar-refractivity contribution in [1.29, 1.82) is 0 Å². The van der Waals surface area contributed by atoms with Crippen LogP contribution in [-0.4, -0.2) is 67.0 Å². The molecule has 2 fully saturated rings. The minimum Gasteiger partial charge on any atom is -0.369 e. The van der Waals surface area contributed by atoms with Crippen molar-refractivity contribution in [2.45, 2.75) is 13.8 Å². The van der Waals surface area contributed by atoms with Gasteiger partial charge in [0.15, 0.2) is 5.78 Å². The molecule has 2 aromatic carbocycles. The van der Waals surface area contributed by atoms with Gasteiger partial charge in [-0.25, -0.2) is 4.98 Å². The van der Waals surface area contributed by atoms with Gasteiger partial charge in [0.1, 0.15) is 5.65 Å². The third-order valence-electron chi connectivity index (χ3n) is 7.81. The van der Waals surface area contributed by atoms with E-state index in [2.05, 4.69) is 59.2 Å². The summed E-state index contributed by atoms with van der Waals surface area (Å²) >= 11 is 0. The zero-order valence-corrected chi connectivity index (χ0v) is 21.3. The number of H-pyrrole nitrogens is 1. The molecule has 6 rings (SSSR count). The largest absolute Gasteiger partial charge is 0.369 e. The molecule has 2 aliphatic rings. The lowest BCUT2D eigenvalue weighted by Gasteiger charge is -2.36. The fourth-order valence-corrected chi connectivity index (χ4v) is 5.58. The number of nitrogens with one attached hydrogen (secondary N) is 2. The monoisotopic (exact) mass is 479 g/mol. The Bertz CT molecular complexity index is 1400. The molecular formula is C30H33N5O. The third-order valence-corrected chi connectivity index (χ3v) is 7.81. The van der Waals surface area contributed by atoms with Gasteiger partial charge in [0.05, 0.1) is 0 Å². The summed E-state index contributed by atoms with van der Waals surface area (Å²) in [5.41, 5.74) is 10.1. The van der Waals surface area contributed by atoms with Crippen LogP contribution in [0.4, 0.5) is 5.69 Å². The Labute approximate surface area is 212 Å². The van der Waals surface area contributed by atoms with Crippen LogP contribution >= 0.6 is 0 Å². The van der Waals surface area contributed by atoms with Crippen LogP contribution in [0.25, 0.3) is 33.3 Å². The highest BCUT2D eigenvalue weighted by atomic mass is 16.1. The Morgan fingerprint density at radius 1 is 0.917 bits per heavy atom. The molecule has 0 unspecified atom stereocenters. The number of hydrogen-bond acceptors (Lipinski definition) is 5. The second-order valence-electron chi connectivity index (χ2n) is 10.4. The minimum atomic E-state index is 0.116. The molecule has 6 heteroatoms. The topological polar surface area (TPSA) is 64.3 Å². The van der Waals surface area contributed by atoms with E-state index in [1.807, 2.05) is 36.7 Å². The molecule has 0 radical (unpaired) electrons. The molecule has 4 aromatic rings. The zero-order chi connectivity index (χ0) is 24.8. The van der Waals surface area contributed by atoms with Crippen molar-refractivity contribution < 1.29 is 4.79 Å². The van der Waals surface area contributed by atoms with E-state index in [0.29, 0.717) is 0 Å². The number of fused-ring (bicyclic) bond motifs is 1. The first-order valence-corrected chi connectivity index (χ1v) is 12.9. The van der Waals surface area contributed by atoms with Gasteiger partial charge in [-0.15, -0.1) is 0 Å². The predicted octanol–water partition coefficient (Wildman–Crippen LogP) is 4.67. The maximum Gasteiger partial charge on any atom is 0.168 e. The molecule has 2 N–H and O–H groups in total. The average Bonchev–Trinajstić information content (AvgIpc) is 3.27. The Morgan fingerprint density at radius 2 is 1.61 bits per heavy atom. The van der Waals surface area contributed by atoms with Gasteiger partial charge in [-0.1, -0.05) is 24.3 Å². The van der Waals surface area contributed by atoms with Gasteiger partial charge in [0.2, 0.25) is 0 Å². The van der Waals surface area contributed by atoms with Crippen LogP contribution in [0.5, 0.6) is 0 Å². The molecule has 2 aromatic heterocycles. The molecule has 0 spiro atoms. The van der Waals surface area contributed by atoms with E-state index in [1.165, 1.54) is 22.4 Å². The van der Waals surface area contributed by atoms with Crippen LogP contribution < -0.4 is 10.2 Å². The van der Waals surface area contributed by atoms with Gasteiger partial charge in [0, 0.05) is 85.3 Å². The molecule has 2 aliphatic heterocycles. The maximum atomic E-state index is 12.6. The van der Waals surface area contributed by atoms with E-state index < -0.39 is 0 Å². The Morgan fingerprint density at radius 3 is 2.25 bits per heavy atom. The summed E-state index contributed by atoms with van der Waals surface area (Å²) < 4.78 is 0. The molecule has 184 valence electrons. The smallest absolute Gasteiger partial charge is 0.168 e. The quantitative estimate of drug-likeness (QED) is 0.408. The highest BCUT2D eigenvalue weighted by Gasteiger charge is 2.26. The number of likely N-dealkylation sites (N-methyl/N-ethyl adjacent to an activating group) is 1. The number of pyridine rings is 1. The molecule has 0 aliphatic carbocycles. The van der Waals surface area contributed by atoms with Crippen molar-refractivity contribution in [2.75, 3.05) is 51.2 Å². The summed E-state index contributed by atoms with van der Waals surface area (Å²) in [7, 11) is 2.19. The first-order chi connectivity index (χ1) is 17.5. The number of aryl methyl sites for hydroxylation is 2. The van der Waals surface area contributed by atoms with Crippen LogP contribution in [0.15, 0.2) is 54.9 Å². The van der Waals surface area contributed by atoms with Gasteiger partial charge >= 0.3 is 0 Å². The van der Waals surface area contributed by atoms with E-state index in [0.717, 1.165) is 72.6 Å². The Hall–Kier alpha value is -3.48. The Balaban J connectivity index is 1.31. The van der Waals surface area contributed by atoms with Crippen LogP contribution in [0, 0.1) is 19.8 Å². The van der Waals surface area contributed by atoms with Crippen molar-refractivity contribution >= 4 is 22.5 Å². The molecule has 2 saturated heterocycles. The predicted molar refractivity (Wildman–Crippen MR) is 147 cm³/mol. The highest BCUT2D eigenvalue weighted by Crippen LogP contribution is 2.35. The average molecular weight is 480 g/mol. The molecule has 0 atom stereocenters. The van der Waals surface area contributed by atoms with Crippen LogP contribution in [-0.2, 0) is 0 Å². The molecule has 0 saturated carbocycles. The van der Waals surface area contributed by atoms with E-state index in [-0.39, 0.29) is 11.7 Å². The minimum absolute atomic E-state index is 0.116. The van der Waals surface area contributed by atoms with Crippen molar-refractivity contribution in [1.82, 2.24) is 20.2 Å². The molecular weight excluding hydrogens is 446 g/mol. The zero-order valence-electron chi connectivity index (χ0n) is 21.3. The van der Waals surface area contributed by atoms with Crippen molar-refractivity contribution in [3.8, 4) is 22.3 Å². The number of nitrogens with zero attached hydrogens (tertiary/aromatic N) is 3. The number of ketones is 1. The number of aromatic nitrogens is 2. The van der Waals surface area contributed by atoms with Crippen molar-refractivity contribution in [2.24, 2.45) is 5.92 Å². The van der Waals surface area contributed by atoms with E-state index in [4.69, 9.17) is 4.98 Å². The lowest BCUT2D eigenvalue weighted by Crippen LogP contribution is -2.46. The molecule has 0 amide bonds. The van der Waals surface area contributed by atoms with Crippen molar-refractivity contribution in [3.63, 3.8) is 0 Å². The number of Topliss-reactive ketones (excluding diaryl/α,β-unsaturated/α-hetero) is 1. The molecule has 36 heavy (non-hydrogen) atoms. The lowest BCUT2D eigenvalue weighted by atomic mass is 9.92. The summed E-state index contributed by atoms with van der Waals surface area (Å²) in [5, 5.41) is 4.27. The number of anilines is 1. The van der Waals surface area contributed by atoms with Crippen LogP contribution in [0.3, 0.4) is 0 Å². The van der Waals surface area contributed by atoms with Crippen molar-refractivity contribution in [3.05, 3.63) is 71.5 Å². The standard InChI is InChI=1S/C30H33N5O/c1-19-12-23(13-20(2)28(19)35-10-8-34(3)9-11-35)24-14-26-27(18-33-30(26)32-17-24)21-4-6-22(7-5-21)29(36)25-15-31-16-25/h4-7,12-14,17-18,25,31H,8-11,15-16H2,1-3H3,(H,32,33). The maximum absolute atomic E-state index is 12.6. The number of hydrogen-bond donors (Lipinski definition) is 2. The van der Waals surface area contributed by atoms with Crippen LogP contribution in [0.2, 0.25) is 0 Å². The molecule has 6 nitrogen and oxygen atoms in total. The van der Waals surface area contributed by atoms with E-state index in [9.17, 15) is 4.79 Å². The summed E-state index contributed by atoms with van der Waals surface area (Å²) in [6.07, 6.45) is 3.97. The molecule has 4 heterocycles. The summed E-state index contributed by atoms with van der Waals surface area (Å²) in [6, 6.07) is 14.8. The normalized spacial score (nSPS) is 16.9. The number of rotatable bonds is 5. The fourth-order valence-electron chi connectivity index (χ4n) is 5.58. The molecule has 0 bridgehead atoms. The van der Waals surface area contributed by atoms with E-state index in [1.54, 1.807) is 0 Å². The summed E-state index contributed by atoms with van der Waals surface area (Å²) in [6.45, 7) is 10.4. The second kappa shape index (κ2) is 9.19. The second-order valence-corrected chi connectivity index (χ2v) is 10.4. The number of aromatic amines is 1. The number of benzene rings is 2.